The highest BCUT2D eigenvalue weighted by atomic mass is 16.5. The van der Waals surface area contributed by atoms with Crippen molar-refractivity contribution in [1.82, 2.24) is 24.8 Å². The highest BCUT2D eigenvalue weighted by Crippen LogP contribution is 2.33. The zero-order valence-electron chi connectivity index (χ0n) is 17.9. The minimum atomic E-state index is -0.369. The van der Waals surface area contributed by atoms with Crippen LogP contribution in [0.3, 0.4) is 0 Å². The monoisotopic (exact) mass is 409 g/mol. The first-order valence-electron chi connectivity index (χ1n) is 10.2. The predicted molar refractivity (Wildman–Crippen MR) is 110 cm³/mol. The number of hydrogen-bond donors (Lipinski definition) is 0. The number of carbonyl (C=O) groups excluding carboxylic acids is 1. The molecule has 0 spiro atoms. The third-order valence-electron chi connectivity index (χ3n) is 5.82. The van der Waals surface area contributed by atoms with Crippen LogP contribution in [0, 0.1) is 13.8 Å². The van der Waals surface area contributed by atoms with E-state index in [1.165, 1.54) is 0 Å². The van der Waals surface area contributed by atoms with E-state index < -0.39 is 0 Å². The molecule has 8 nitrogen and oxygen atoms in total. The molecule has 0 N–H and O–H groups in total. The predicted octanol–water partition coefficient (Wildman–Crippen LogP) is 3.19. The molecular formula is C22H27N5O3. The second kappa shape index (κ2) is 7.93. The van der Waals surface area contributed by atoms with Gasteiger partial charge in [-0.3, -0.25) is 9.48 Å². The van der Waals surface area contributed by atoms with E-state index in [-0.39, 0.29) is 17.9 Å². The average Bonchev–Trinajstić information content (AvgIpc) is 3.32. The molecule has 4 rings (SSSR count). The summed E-state index contributed by atoms with van der Waals surface area (Å²) in [5, 5.41) is 8.59. The van der Waals surface area contributed by atoms with Gasteiger partial charge in [-0.1, -0.05) is 30.3 Å². The molecule has 1 saturated heterocycles. The van der Waals surface area contributed by atoms with Crippen molar-refractivity contribution in [2.75, 3.05) is 13.1 Å². The van der Waals surface area contributed by atoms with E-state index in [1.54, 1.807) is 4.68 Å². The van der Waals surface area contributed by atoms with Crippen molar-refractivity contribution in [3.05, 3.63) is 59.0 Å². The molecule has 158 valence electrons. The molecule has 1 atom stereocenters. The van der Waals surface area contributed by atoms with Gasteiger partial charge in [0.2, 0.25) is 0 Å². The van der Waals surface area contributed by atoms with E-state index in [2.05, 4.69) is 22.2 Å². The Labute approximate surface area is 175 Å². The number of rotatable bonds is 5. The zero-order valence-corrected chi connectivity index (χ0v) is 17.9. The van der Waals surface area contributed by atoms with Crippen LogP contribution in [0.15, 0.2) is 34.9 Å². The number of amides is 1. The fourth-order valence-electron chi connectivity index (χ4n) is 4.06. The molecule has 3 heterocycles. The molecule has 1 fully saturated rings. The van der Waals surface area contributed by atoms with Gasteiger partial charge >= 0.3 is 0 Å². The topological polar surface area (TPSA) is 86.3 Å². The first-order chi connectivity index (χ1) is 14.4. The van der Waals surface area contributed by atoms with E-state index in [1.807, 2.05) is 56.1 Å². The number of hydrogen-bond acceptors (Lipinski definition) is 6. The summed E-state index contributed by atoms with van der Waals surface area (Å²) < 4.78 is 12.9. The molecule has 0 saturated carbocycles. The summed E-state index contributed by atoms with van der Waals surface area (Å²) >= 11 is 0. The van der Waals surface area contributed by atoms with Crippen LogP contribution in [-0.4, -0.2) is 43.8 Å². The van der Waals surface area contributed by atoms with Gasteiger partial charge in [0.05, 0.1) is 11.3 Å². The van der Waals surface area contributed by atoms with Crippen molar-refractivity contribution < 1.29 is 14.1 Å². The quantitative estimate of drug-likeness (QED) is 0.643. The first kappa shape index (κ1) is 20.1. The van der Waals surface area contributed by atoms with Crippen molar-refractivity contribution in [3.8, 4) is 5.75 Å². The Bertz CT molecular complexity index is 1040. The van der Waals surface area contributed by atoms with Crippen molar-refractivity contribution in [3.63, 3.8) is 0 Å². The number of likely N-dealkylation sites (tertiary alicyclic amines) is 1. The Morgan fingerprint density at radius 2 is 2.03 bits per heavy atom. The molecule has 1 aromatic carbocycles. The maximum atomic E-state index is 13.2. The molecule has 30 heavy (non-hydrogen) atoms. The third kappa shape index (κ3) is 3.81. The number of ether oxygens (including phenoxy) is 1. The number of aryl methyl sites for hydroxylation is 2. The van der Waals surface area contributed by atoms with E-state index in [0.29, 0.717) is 30.4 Å². The Morgan fingerprint density at radius 3 is 2.73 bits per heavy atom. The lowest BCUT2D eigenvalue weighted by atomic mass is 9.81. The first-order valence-corrected chi connectivity index (χ1v) is 10.2. The van der Waals surface area contributed by atoms with Crippen LogP contribution in [0.2, 0.25) is 0 Å². The Morgan fingerprint density at radius 1 is 1.27 bits per heavy atom. The second-order valence-electron chi connectivity index (χ2n) is 8.17. The molecule has 1 unspecified atom stereocenters. The SMILES string of the molecule is Cc1nn(C)c(C)c1C(=O)N1CCCC(C)(c2noc(COc3ccccc3)n2)C1. The van der Waals surface area contributed by atoms with Crippen molar-refractivity contribution in [2.45, 2.75) is 45.6 Å². The van der Waals surface area contributed by atoms with Crippen LogP contribution in [0.4, 0.5) is 0 Å². The minimum absolute atomic E-state index is 0.0140. The maximum absolute atomic E-state index is 13.2. The molecule has 1 aliphatic rings. The van der Waals surface area contributed by atoms with E-state index in [4.69, 9.17) is 9.26 Å². The van der Waals surface area contributed by atoms with Gasteiger partial charge in [0.15, 0.2) is 12.4 Å². The summed E-state index contributed by atoms with van der Waals surface area (Å²) in [5.74, 6) is 1.81. The van der Waals surface area contributed by atoms with Crippen LogP contribution in [0.5, 0.6) is 5.75 Å². The lowest BCUT2D eigenvalue weighted by Crippen LogP contribution is -2.47. The van der Waals surface area contributed by atoms with Crippen molar-refractivity contribution in [2.24, 2.45) is 7.05 Å². The molecule has 8 heteroatoms. The molecule has 1 amide bonds. The van der Waals surface area contributed by atoms with Gasteiger partial charge in [0.25, 0.3) is 11.8 Å². The molecule has 1 aliphatic heterocycles. The van der Waals surface area contributed by atoms with Crippen LogP contribution in [-0.2, 0) is 19.1 Å². The fourth-order valence-corrected chi connectivity index (χ4v) is 4.06. The highest BCUT2D eigenvalue weighted by molar-refractivity contribution is 5.96. The number of piperidine rings is 1. The van der Waals surface area contributed by atoms with Gasteiger partial charge in [-0.05, 0) is 38.8 Å². The second-order valence-corrected chi connectivity index (χ2v) is 8.17. The number of aromatic nitrogens is 4. The highest BCUT2D eigenvalue weighted by Gasteiger charge is 2.39. The third-order valence-corrected chi connectivity index (χ3v) is 5.82. The maximum Gasteiger partial charge on any atom is 0.264 e. The fraction of sp³-hybridized carbons (Fsp3) is 0.455. The molecule has 0 aliphatic carbocycles. The van der Waals surface area contributed by atoms with Crippen molar-refractivity contribution in [1.29, 1.82) is 0 Å². The zero-order chi connectivity index (χ0) is 21.3. The van der Waals surface area contributed by atoms with Gasteiger partial charge in [-0.2, -0.15) is 10.1 Å². The lowest BCUT2D eigenvalue weighted by Gasteiger charge is -2.38. The van der Waals surface area contributed by atoms with Crippen molar-refractivity contribution >= 4 is 5.91 Å². The van der Waals surface area contributed by atoms with Gasteiger partial charge in [0, 0.05) is 31.2 Å². The summed E-state index contributed by atoms with van der Waals surface area (Å²) in [6, 6.07) is 9.52. The summed E-state index contributed by atoms with van der Waals surface area (Å²) in [6.45, 7) is 7.35. The van der Waals surface area contributed by atoms with E-state index in [0.717, 1.165) is 30.0 Å². The number of nitrogens with zero attached hydrogens (tertiary/aromatic N) is 5. The van der Waals surface area contributed by atoms with Gasteiger partial charge in [-0.15, -0.1) is 0 Å². The summed E-state index contributed by atoms with van der Waals surface area (Å²) in [4.78, 5) is 19.7. The minimum Gasteiger partial charge on any atom is -0.484 e. The van der Waals surface area contributed by atoms with Crippen LogP contribution in [0.1, 0.15) is 53.2 Å². The summed E-state index contributed by atoms with van der Waals surface area (Å²) in [6.07, 6.45) is 1.77. The standard InChI is InChI=1S/C22H27N5O3/c1-15-19(16(2)26(4)24-15)20(28)27-12-8-11-22(3,14-27)21-23-18(30-25-21)13-29-17-9-6-5-7-10-17/h5-7,9-10H,8,11-14H2,1-4H3. The number of para-hydroxylation sites is 1. The molecular weight excluding hydrogens is 382 g/mol. The Hall–Kier alpha value is -3.16. The molecule has 0 radical (unpaired) electrons. The van der Waals surface area contributed by atoms with Crippen LogP contribution < -0.4 is 4.74 Å². The lowest BCUT2D eigenvalue weighted by molar-refractivity contribution is 0.0640. The summed E-state index contributed by atoms with van der Waals surface area (Å²) in [7, 11) is 1.86. The smallest absolute Gasteiger partial charge is 0.264 e. The Kier molecular flexibility index (Phi) is 5.32. The molecule has 0 bridgehead atoms. The van der Waals surface area contributed by atoms with Gasteiger partial charge in [0.1, 0.15) is 5.75 Å². The van der Waals surface area contributed by atoms with Gasteiger partial charge < -0.3 is 14.2 Å². The van der Waals surface area contributed by atoms with E-state index >= 15 is 0 Å². The summed E-state index contributed by atoms with van der Waals surface area (Å²) in [5.41, 5.74) is 1.95. The van der Waals surface area contributed by atoms with Crippen LogP contribution in [0.25, 0.3) is 0 Å². The van der Waals surface area contributed by atoms with Gasteiger partial charge in [-0.25, -0.2) is 0 Å². The van der Waals surface area contributed by atoms with E-state index in [9.17, 15) is 4.79 Å². The van der Waals surface area contributed by atoms with Crippen LogP contribution >= 0.6 is 0 Å². The molecule has 3 aromatic rings. The molecule has 2 aromatic heterocycles. The largest absolute Gasteiger partial charge is 0.484 e. The number of benzene rings is 1. The Balaban J connectivity index is 1.48. The normalized spacial score (nSPS) is 19.1. The average molecular weight is 409 g/mol. The number of carbonyl (C=O) groups is 1.